The molecule has 1 aliphatic heterocycles. The predicted molar refractivity (Wildman–Crippen MR) is 101 cm³/mol. The third-order valence-electron chi connectivity index (χ3n) is 4.24. The van der Waals surface area contributed by atoms with Gasteiger partial charge in [-0.05, 0) is 18.6 Å². The van der Waals surface area contributed by atoms with E-state index in [4.69, 9.17) is 5.73 Å². The number of urea groups is 1. The fraction of sp³-hybridized carbons (Fsp3) is 0.294. The fourth-order valence-electron chi connectivity index (χ4n) is 2.91. The van der Waals surface area contributed by atoms with Gasteiger partial charge in [0, 0.05) is 25.0 Å². The van der Waals surface area contributed by atoms with Crippen LogP contribution in [0.1, 0.15) is 23.2 Å². The minimum atomic E-state index is -0.236. The average molecular weight is 369 g/mol. The Bertz CT molecular complexity index is 954. The van der Waals surface area contributed by atoms with E-state index in [-0.39, 0.29) is 6.03 Å². The van der Waals surface area contributed by atoms with Gasteiger partial charge in [-0.15, -0.1) is 11.3 Å². The van der Waals surface area contributed by atoms with Gasteiger partial charge < -0.3 is 10.6 Å². The molecule has 0 bridgehead atoms. The summed E-state index contributed by atoms with van der Waals surface area (Å²) in [5.41, 5.74) is 9.17. The molecule has 0 spiro atoms. The van der Waals surface area contributed by atoms with Crippen molar-refractivity contribution >= 4 is 28.9 Å². The third-order valence-corrected chi connectivity index (χ3v) is 5.41. The molecule has 4 rings (SSSR count). The molecule has 0 saturated heterocycles. The van der Waals surface area contributed by atoms with Crippen molar-refractivity contribution in [3.05, 3.63) is 40.8 Å². The molecule has 3 N–H and O–H groups in total. The number of nitrogens with two attached hydrogens (primary N) is 1. The van der Waals surface area contributed by atoms with Crippen molar-refractivity contribution in [2.45, 2.75) is 26.4 Å². The van der Waals surface area contributed by atoms with Gasteiger partial charge in [0.2, 0.25) is 0 Å². The van der Waals surface area contributed by atoms with Gasteiger partial charge in [-0.25, -0.2) is 14.8 Å². The number of carbonyl (C=O) groups excluding carboxylic acids is 1. The summed E-state index contributed by atoms with van der Waals surface area (Å²) >= 11 is 1.59. The molecule has 0 radical (unpaired) electrons. The van der Waals surface area contributed by atoms with Crippen molar-refractivity contribution in [2.75, 3.05) is 11.1 Å². The molecular weight excluding hydrogens is 350 g/mol. The lowest BCUT2D eigenvalue weighted by molar-refractivity contribution is 0.211. The van der Waals surface area contributed by atoms with Gasteiger partial charge >= 0.3 is 6.03 Å². The largest absolute Gasteiger partial charge is 0.396 e. The number of pyridine rings is 1. The van der Waals surface area contributed by atoms with Crippen LogP contribution in [0.3, 0.4) is 0 Å². The highest BCUT2D eigenvalue weighted by molar-refractivity contribution is 7.15. The predicted octanol–water partition coefficient (Wildman–Crippen LogP) is 2.63. The molecule has 0 unspecified atom stereocenters. The number of thiazole rings is 1. The van der Waals surface area contributed by atoms with E-state index in [0.717, 1.165) is 33.3 Å². The summed E-state index contributed by atoms with van der Waals surface area (Å²) in [7, 11) is 1.88. The zero-order valence-electron chi connectivity index (χ0n) is 14.6. The molecule has 2 amide bonds. The highest BCUT2D eigenvalue weighted by atomic mass is 32.1. The maximum atomic E-state index is 12.6. The lowest BCUT2D eigenvalue weighted by atomic mass is 10.3. The van der Waals surface area contributed by atoms with E-state index < -0.39 is 0 Å². The molecule has 8 nitrogen and oxygen atoms in total. The summed E-state index contributed by atoms with van der Waals surface area (Å²) in [5, 5.41) is 8.23. The minimum Gasteiger partial charge on any atom is -0.396 e. The topological polar surface area (TPSA) is 102 Å². The highest BCUT2D eigenvalue weighted by Gasteiger charge is 2.26. The number of fused-ring (bicyclic) bond motifs is 1. The number of hydrogen-bond acceptors (Lipinski definition) is 6. The van der Waals surface area contributed by atoms with E-state index in [1.807, 2.05) is 19.3 Å². The van der Waals surface area contributed by atoms with Gasteiger partial charge in [-0.3, -0.25) is 10.00 Å². The molecule has 3 aromatic rings. The summed E-state index contributed by atoms with van der Waals surface area (Å²) in [6, 6.07) is 3.36. The lowest BCUT2D eigenvalue weighted by Crippen LogP contribution is -2.31. The van der Waals surface area contributed by atoms with Gasteiger partial charge in [0.05, 0.1) is 40.0 Å². The Morgan fingerprint density at radius 3 is 2.96 bits per heavy atom. The Morgan fingerprint density at radius 1 is 1.38 bits per heavy atom. The summed E-state index contributed by atoms with van der Waals surface area (Å²) in [6.07, 6.45) is 4.62. The molecule has 26 heavy (non-hydrogen) atoms. The van der Waals surface area contributed by atoms with Gasteiger partial charge in [0.15, 0.2) is 5.82 Å². The van der Waals surface area contributed by atoms with Gasteiger partial charge in [-0.2, -0.15) is 5.10 Å². The average Bonchev–Trinajstić information content (AvgIpc) is 3.30. The first kappa shape index (κ1) is 16.5. The van der Waals surface area contributed by atoms with Crippen molar-refractivity contribution in [3.63, 3.8) is 0 Å². The number of rotatable bonds is 3. The monoisotopic (exact) mass is 369 g/mol. The Labute approximate surface area is 154 Å². The van der Waals surface area contributed by atoms with Crippen LogP contribution in [0.5, 0.6) is 0 Å². The molecule has 0 fully saturated rings. The quantitative estimate of drug-likeness (QED) is 0.739. The maximum absolute atomic E-state index is 12.6. The SMILES string of the molecule is CCc1ncc(-c2ccc(N)c(NC(=O)N3Cc4cn(C)nc4C3)n2)s1. The number of carbonyl (C=O) groups is 1. The second kappa shape index (κ2) is 6.41. The van der Waals surface area contributed by atoms with Crippen molar-refractivity contribution in [2.24, 2.45) is 7.05 Å². The number of aryl methyl sites for hydroxylation is 2. The van der Waals surface area contributed by atoms with Crippen LogP contribution in [0.15, 0.2) is 24.5 Å². The summed E-state index contributed by atoms with van der Waals surface area (Å²) in [4.78, 5) is 24.1. The second-order valence-electron chi connectivity index (χ2n) is 6.17. The van der Waals surface area contributed by atoms with Crippen LogP contribution in [0.25, 0.3) is 10.6 Å². The van der Waals surface area contributed by atoms with Crippen LogP contribution in [-0.2, 0) is 26.6 Å². The first-order valence-corrected chi connectivity index (χ1v) is 9.14. The zero-order valence-corrected chi connectivity index (χ0v) is 15.4. The first-order valence-electron chi connectivity index (χ1n) is 8.32. The molecule has 0 aromatic carbocycles. The Hall–Kier alpha value is -2.94. The highest BCUT2D eigenvalue weighted by Crippen LogP contribution is 2.29. The summed E-state index contributed by atoms with van der Waals surface area (Å²) in [5.74, 6) is 0.365. The van der Waals surface area contributed by atoms with Crippen LogP contribution in [0.4, 0.5) is 16.3 Å². The van der Waals surface area contributed by atoms with Crippen LogP contribution in [-0.4, -0.2) is 30.7 Å². The molecule has 9 heteroatoms. The normalized spacial score (nSPS) is 13.1. The number of nitrogens with one attached hydrogen (secondary N) is 1. The number of nitrogens with zero attached hydrogens (tertiary/aromatic N) is 5. The molecule has 3 aromatic heterocycles. The van der Waals surface area contributed by atoms with E-state index >= 15 is 0 Å². The number of nitrogen functional groups attached to an aromatic ring is 1. The summed E-state index contributed by atoms with van der Waals surface area (Å²) < 4.78 is 1.77. The van der Waals surface area contributed by atoms with Crippen molar-refractivity contribution in [1.82, 2.24) is 24.6 Å². The first-order chi connectivity index (χ1) is 12.5. The van der Waals surface area contributed by atoms with Crippen LogP contribution < -0.4 is 11.1 Å². The number of amides is 2. The standard InChI is InChI=1S/C17H19N7OS/c1-3-15-19-6-14(26-15)12-5-4-11(18)16(20-12)21-17(25)24-8-10-7-23(2)22-13(10)9-24/h4-7H,3,8-9,18H2,1-2H3,(H,20,21,25). The van der Waals surface area contributed by atoms with Crippen LogP contribution >= 0.6 is 11.3 Å². The molecule has 0 atom stereocenters. The number of hydrogen-bond donors (Lipinski definition) is 2. The van der Waals surface area contributed by atoms with E-state index in [0.29, 0.717) is 24.6 Å². The Kier molecular flexibility index (Phi) is 4.08. The van der Waals surface area contributed by atoms with Crippen molar-refractivity contribution in [1.29, 1.82) is 0 Å². The van der Waals surface area contributed by atoms with Crippen LogP contribution in [0, 0.1) is 0 Å². The lowest BCUT2D eigenvalue weighted by Gasteiger charge is -2.17. The Balaban J connectivity index is 1.51. The van der Waals surface area contributed by atoms with Gasteiger partial charge in [-0.1, -0.05) is 6.92 Å². The smallest absolute Gasteiger partial charge is 0.323 e. The minimum absolute atomic E-state index is 0.236. The van der Waals surface area contributed by atoms with Crippen molar-refractivity contribution < 1.29 is 4.79 Å². The van der Waals surface area contributed by atoms with Crippen molar-refractivity contribution in [3.8, 4) is 10.6 Å². The van der Waals surface area contributed by atoms with Crippen LogP contribution in [0.2, 0.25) is 0 Å². The second-order valence-corrected chi connectivity index (χ2v) is 7.28. The number of aromatic nitrogens is 4. The van der Waals surface area contributed by atoms with E-state index in [1.54, 1.807) is 33.2 Å². The van der Waals surface area contributed by atoms with Gasteiger partial charge in [0.25, 0.3) is 0 Å². The summed E-state index contributed by atoms with van der Waals surface area (Å²) in [6.45, 7) is 3.08. The van der Waals surface area contributed by atoms with E-state index in [2.05, 4.69) is 27.3 Å². The fourth-order valence-corrected chi connectivity index (χ4v) is 3.74. The molecule has 1 aliphatic rings. The molecule has 134 valence electrons. The Morgan fingerprint density at radius 2 is 2.23 bits per heavy atom. The molecular formula is C17H19N7OS. The van der Waals surface area contributed by atoms with Gasteiger partial charge in [0.1, 0.15) is 0 Å². The molecule has 0 aliphatic carbocycles. The third kappa shape index (κ3) is 3.01. The zero-order chi connectivity index (χ0) is 18.3. The number of anilines is 2. The molecule has 0 saturated carbocycles. The van der Waals surface area contributed by atoms with E-state index in [9.17, 15) is 4.79 Å². The van der Waals surface area contributed by atoms with E-state index in [1.165, 1.54) is 0 Å². The molecule has 4 heterocycles. The maximum Gasteiger partial charge on any atom is 0.323 e.